The first kappa shape index (κ1) is 27.6. The van der Waals surface area contributed by atoms with Gasteiger partial charge in [0.2, 0.25) is 11.8 Å². The standard InChI is InChI=1S/C32H48N2O4/c1-19(8-13-30(38)34-23-7-5-6-22(17-23)33-20(2)35)26-11-12-27-25-10-9-21-16-24(36)14-15-31(21,3)28(25)18-29(37)32(26,27)4/h5-7,17,19,21,24-29,36-37H,8-16,18H2,1-4H3,(H,33,35)(H,34,38)/t19-,21+,24-,25+,26+,27-,28-,29+,31+,32-/m1/s1. The highest BCUT2D eigenvalue weighted by Crippen LogP contribution is 2.68. The third kappa shape index (κ3) is 4.92. The van der Waals surface area contributed by atoms with Crippen LogP contribution < -0.4 is 10.6 Å². The molecule has 5 rings (SSSR count). The van der Waals surface area contributed by atoms with E-state index in [1.54, 1.807) is 12.1 Å². The van der Waals surface area contributed by atoms with E-state index < -0.39 is 0 Å². The highest BCUT2D eigenvalue weighted by atomic mass is 16.3. The molecule has 4 aliphatic carbocycles. The third-order valence-corrected chi connectivity index (χ3v) is 11.8. The lowest BCUT2D eigenvalue weighted by Gasteiger charge is -2.62. The van der Waals surface area contributed by atoms with Crippen molar-refractivity contribution in [2.75, 3.05) is 10.6 Å². The summed E-state index contributed by atoms with van der Waals surface area (Å²) in [5.41, 5.74) is 1.53. The van der Waals surface area contributed by atoms with Gasteiger partial charge in [-0.25, -0.2) is 0 Å². The van der Waals surface area contributed by atoms with Gasteiger partial charge in [0.05, 0.1) is 12.2 Å². The van der Waals surface area contributed by atoms with Gasteiger partial charge in [0.15, 0.2) is 0 Å². The van der Waals surface area contributed by atoms with E-state index in [1.807, 2.05) is 12.1 Å². The van der Waals surface area contributed by atoms with Crippen molar-refractivity contribution in [2.24, 2.45) is 46.3 Å². The maximum Gasteiger partial charge on any atom is 0.224 e. The molecule has 38 heavy (non-hydrogen) atoms. The van der Waals surface area contributed by atoms with Crippen molar-refractivity contribution in [3.8, 4) is 0 Å². The van der Waals surface area contributed by atoms with Crippen molar-refractivity contribution >= 4 is 23.2 Å². The third-order valence-electron chi connectivity index (χ3n) is 11.8. The fourth-order valence-electron chi connectivity index (χ4n) is 9.82. The fourth-order valence-corrected chi connectivity index (χ4v) is 9.82. The summed E-state index contributed by atoms with van der Waals surface area (Å²) in [6.45, 7) is 8.58. The number of nitrogens with one attached hydrogen (secondary N) is 2. The van der Waals surface area contributed by atoms with Crippen molar-refractivity contribution in [3.05, 3.63) is 24.3 Å². The molecule has 0 aliphatic heterocycles. The Balaban J connectivity index is 1.22. The molecule has 0 heterocycles. The van der Waals surface area contributed by atoms with Gasteiger partial charge >= 0.3 is 0 Å². The number of carbonyl (C=O) groups excluding carboxylic acids is 2. The van der Waals surface area contributed by atoms with Crippen LogP contribution in [0.15, 0.2) is 24.3 Å². The van der Waals surface area contributed by atoms with Gasteiger partial charge in [0, 0.05) is 24.7 Å². The van der Waals surface area contributed by atoms with E-state index in [1.165, 1.54) is 26.2 Å². The zero-order chi connectivity index (χ0) is 27.2. The lowest BCUT2D eigenvalue weighted by atomic mass is 9.43. The van der Waals surface area contributed by atoms with Gasteiger partial charge in [-0.05, 0) is 122 Å². The first-order valence-corrected chi connectivity index (χ1v) is 15.1. The van der Waals surface area contributed by atoms with E-state index in [-0.39, 0.29) is 34.9 Å². The first-order chi connectivity index (χ1) is 18.0. The normalized spacial score (nSPS) is 40.8. The molecule has 0 unspecified atom stereocenters. The van der Waals surface area contributed by atoms with Crippen LogP contribution in [0, 0.1) is 46.3 Å². The molecule has 0 aromatic heterocycles. The van der Waals surface area contributed by atoms with Crippen LogP contribution in [-0.2, 0) is 9.59 Å². The van der Waals surface area contributed by atoms with Gasteiger partial charge in [-0.2, -0.15) is 0 Å². The van der Waals surface area contributed by atoms with Gasteiger partial charge in [-0.15, -0.1) is 0 Å². The minimum absolute atomic E-state index is 0.00786. The molecule has 6 nitrogen and oxygen atoms in total. The molecular formula is C32H48N2O4. The highest BCUT2D eigenvalue weighted by molar-refractivity contribution is 5.93. The molecule has 4 saturated carbocycles. The summed E-state index contributed by atoms with van der Waals surface area (Å²) in [5.74, 6) is 3.04. The molecule has 4 aliphatic rings. The molecule has 1 aromatic rings. The van der Waals surface area contributed by atoms with Crippen LogP contribution in [0.1, 0.15) is 91.9 Å². The second-order valence-electron chi connectivity index (χ2n) is 13.7. The largest absolute Gasteiger partial charge is 0.393 e. The lowest BCUT2D eigenvalue weighted by molar-refractivity contribution is -0.174. The molecule has 1 aromatic carbocycles. The molecule has 4 fully saturated rings. The van der Waals surface area contributed by atoms with Crippen molar-refractivity contribution in [1.82, 2.24) is 0 Å². The zero-order valence-electron chi connectivity index (χ0n) is 23.7. The Hall–Kier alpha value is -1.92. The minimum atomic E-state index is -0.295. The summed E-state index contributed by atoms with van der Waals surface area (Å²) in [7, 11) is 0. The summed E-state index contributed by atoms with van der Waals surface area (Å²) in [4.78, 5) is 24.1. The Morgan fingerprint density at radius 2 is 1.74 bits per heavy atom. The predicted molar refractivity (Wildman–Crippen MR) is 150 cm³/mol. The molecule has 210 valence electrons. The Bertz CT molecular complexity index is 1040. The number of aliphatic hydroxyl groups is 2. The average molecular weight is 525 g/mol. The quantitative estimate of drug-likeness (QED) is 0.367. The van der Waals surface area contributed by atoms with Gasteiger partial charge in [-0.3, -0.25) is 9.59 Å². The zero-order valence-corrected chi connectivity index (χ0v) is 23.7. The van der Waals surface area contributed by atoms with Crippen molar-refractivity contribution < 1.29 is 19.8 Å². The predicted octanol–water partition coefficient (Wildman–Crippen LogP) is 5.99. The summed E-state index contributed by atoms with van der Waals surface area (Å²) in [6.07, 6.45) is 9.47. The number of amides is 2. The van der Waals surface area contributed by atoms with Crippen molar-refractivity contribution in [2.45, 2.75) is 104 Å². The minimum Gasteiger partial charge on any atom is -0.393 e. The Kier molecular flexibility index (Phi) is 7.69. The van der Waals surface area contributed by atoms with E-state index in [4.69, 9.17) is 0 Å². The molecule has 6 heteroatoms. The Labute approximate surface area is 228 Å². The number of hydrogen-bond acceptors (Lipinski definition) is 4. The maximum atomic E-state index is 12.8. The number of carbonyl (C=O) groups is 2. The Morgan fingerprint density at radius 3 is 2.47 bits per heavy atom. The Morgan fingerprint density at radius 1 is 1.00 bits per heavy atom. The van der Waals surface area contributed by atoms with Crippen LogP contribution in [-0.4, -0.2) is 34.2 Å². The topological polar surface area (TPSA) is 98.7 Å². The van der Waals surface area contributed by atoms with Gasteiger partial charge < -0.3 is 20.8 Å². The smallest absolute Gasteiger partial charge is 0.224 e. The van der Waals surface area contributed by atoms with Crippen LogP contribution in [0.25, 0.3) is 0 Å². The molecule has 10 atom stereocenters. The molecule has 0 bridgehead atoms. The highest BCUT2D eigenvalue weighted by Gasteiger charge is 2.63. The van der Waals surface area contributed by atoms with Crippen LogP contribution in [0.3, 0.4) is 0 Å². The number of benzene rings is 1. The first-order valence-electron chi connectivity index (χ1n) is 15.1. The summed E-state index contributed by atoms with van der Waals surface area (Å²) in [6, 6.07) is 7.25. The molecule has 4 N–H and O–H groups in total. The van der Waals surface area contributed by atoms with Crippen LogP contribution in [0.2, 0.25) is 0 Å². The van der Waals surface area contributed by atoms with E-state index in [2.05, 4.69) is 31.4 Å². The SMILES string of the molecule is CC(=O)Nc1cccc(NC(=O)CC[C@@H](C)[C@@H]2CC[C@@H]3[C@@H]4CC[C@H]5C[C@H](O)CC[C@]5(C)[C@@H]4C[C@H](O)[C@@]32C)c1. The van der Waals surface area contributed by atoms with Crippen molar-refractivity contribution in [1.29, 1.82) is 0 Å². The molecule has 0 saturated heterocycles. The summed E-state index contributed by atoms with van der Waals surface area (Å²) < 4.78 is 0. The van der Waals surface area contributed by atoms with Crippen molar-refractivity contribution in [3.63, 3.8) is 0 Å². The van der Waals surface area contributed by atoms with E-state index in [0.29, 0.717) is 53.3 Å². The summed E-state index contributed by atoms with van der Waals surface area (Å²) >= 11 is 0. The van der Waals surface area contributed by atoms with Crippen LogP contribution in [0.5, 0.6) is 0 Å². The number of aliphatic hydroxyl groups excluding tert-OH is 2. The average Bonchev–Trinajstić information content (AvgIpc) is 3.22. The molecule has 2 amide bonds. The second-order valence-corrected chi connectivity index (χ2v) is 13.7. The number of hydrogen-bond donors (Lipinski definition) is 4. The fraction of sp³-hybridized carbons (Fsp3) is 0.750. The number of rotatable bonds is 6. The monoisotopic (exact) mass is 524 g/mol. The molecule has 0 spiro atoms. The van der Waals surface area contributed by atoms with Crippen LogP contribution in [0.4, 0.5) is 11.4 Å². The van der Waals surface area contributed by atoms with Gasteiger partial charge in [-0.1, -0.05) is 26.8 Å². The van der Waals surface area contributed by atoms with E-state index in [9.17, 15) is 19.8 Å². The second kappa shape index (κ2) is 10.6. The van der Waals surface area contributed by atoms with Gasteiger partial charge in [0.1, 0.15) is 0 Å². The van der Waals surface area contributed by atoms with E-state index >= 15 is 0 Å². The number of fused-ring (bicyclic) bond motifs is 5. The summed E-state index contributed by atoms with van der Waals surface area (Å²) in [5, 5.41) is 27.8. The maximum absolute atomic E-state index is 12.8. The van der Waals surface area contributed by atoms with Crippen LogP contribution >= 0.6 is 0 Å². The molecular weight excluding hydrogens is 476 g/mol. The lowest BCUT2D eigenvalue weighted by Crippen LogP contribution is -2.58. The molecule has 0 radical (unpaired) electrons. The number of anilines is 2. The van der Waals surface area contributed by atoms with E-state index in [0.717, 1.165) is 38.5 Å². The van der Waals surface area contributed by atoms with Gasteiger partial charge in [0.25, 0.3) is 0 Å².